The monoisotopic (exact) mass is 296 g/mol. The van der Waals surface area contributed by atoms with Crippen molar-refractivity contribution < 1.29 is 19.4 Å². The molecule has 1 atom stereocenters. The van der Waals surface area contributed by atoms with E-state index in [1.54, 1.807) is 23.1 Å². The molecule has 3 N–H and O–H groups in total. The van der Waals surface area contributed by atoms with Gasteiger partial charge in [-0.1, -0.05) is 18.2 Å². The van der Waals surface area contributed by atoms with Gasteiger partial charge in [0, 0.05) is 25.2 Å². The Hall–Kier alpha value is -1.66. The van der Waals surface area contributed by atoms with E-state index in [0.29, 0.717) is 37.9 Å². The largest absolute Gasteiger partial charge is 0.393 e. The van der Waals surface area contributed by atoms with Gasteiger partial charge in [0.15, 0.2) is 0 Å². The minimum Gasteiger partial charge on any atom is -0.393 e. The van der Waals surface area contributed by atoms with Crippen LogP contribution in [0.25, 0.3) is 0 Å². The van der Waals surface area contributed by atoms with Crippen LogP contribution in [0.4, 0.5) is 9.18 Å². The zero-order valence-electron chi connectivity index (χ0n) is 11.9. The Labute approximate surface area is 123 Å². The molecular weight excluding hydrogens is 275 g/mol. The molecule has 1 aliphatic heterocycles. The first-order valence-electron chi connectivity index (χ1n) is 7.13. The number of urea groups is 1. The second-order valence-electron chi connectivity index (χ2n) is 5.47. The van der Waals surface area contributed by atoms with Crippen LogP contribution in [0.3, 0.4) is 0 Å². The lowest BCUT2D eigenvalue weighted by Gasteiger charge is -2.24. The third-order valence-electron chi connectivity index (χ3n) is 3.89. The first-order chi connectivity index (χ1) is 10.0. The summed E-state index contributed by atoms with van der Waals surface area (Å²) in [6.45, 7) is 0.732. The Morgan fingerprint density at radius 1 is 1.33 bits per heavy atom. The van der Waals surface area contributed by atoms with Crippen molar-refractivity contribution in [3.8, 4) is 0 Å². The molecule has 0 bridgehead atoms. The predicted molar refractivity (Wildman–Crippen MR) is 76.1 cm³/mol. The smallest absolute Gasteiger partial charge is 0.317 e. The molecule has 0 saturated carbocycles. The van der Waals surface area contributed by atoms with Crippen molar-refractivity contribution in [3.63, 3.8) is 0 Å². The molecular formula is C15H21FN2O3. The molecule has 1 aliphatic rings. The summed E-state index contributed by atoms with van der Waals surface area (Å²) in [5.74, 6) is -0.344. The summed E-state index contributed by atoms with van der Waals surface area (Å²) >= 11 is 0. The van der Waals surface area contributed by atoms with Gasteiger partial charge in [-0.2, -0.15) is 0 Å². The molecule has 1 fully saturated rings. The SMILES string of the molecule is O=C(NCc1ccccc1F)N1CCC[C@@](O)(CO)CC1. The molecule has 1 aromatic rings. The Morgan fingerprint density at radius 3 is 2.81 bits per heavy atom. The fourth-order valence-electron chi connectivity index (χ4n) is 2.46. The molecule has 1 aromatic carbocycles. The van der Waals surface area contributed by atoms with E-state index in [0.717, 1.165) is 0 Å². The maximum absolute atomic E-state index is 13.5. The number of rotatable bonds is 3. The first kappa shape index (κ1) is 15.7. The first-order valence-corrected chi connectivity index (χ1v) is 7.13. The number of nitrogens with one attached hydrogen (secondary N) is 1. The number of halogens is 1. The molecule has 116 valence electrons. The average Bonchev–Trinajstić information content (AvgIpc) is 2.69. The molecule has 21 heavy (non-hydrogen) atoms. The van der Waals surface area contributed by atoms with E-state index >= 15 is 0 Å². The second kappa shape index (κ2) is 6.87. The van der Waals surface area contributed by atoms with E-state index in [-0.39, 0.29) is 25.0 Å². The van der Waals surface area contributed by atoms with E-state index in [4.69, 9.17) is 0 Å². The van der Waals surface area contributed by atoms with Crippen LogP contribution in [0.2, 0.25) is 0 Å². The number of amides is 2. The minimum absolute atomic E-state index is 0.131. The second-order valence-corrected chi connectivity index (χ2v) is 5.47. The Kier molecular flexibility index (Phi) is 5.14. The molecule has 0 unspecified atom stereocenters. The van der Waals surface area contributed by atoms with E-state index < -0.39 is 5.60 Å². The third-order valence-corrected chi connectivity index (χ3v) is 3.89. The summed E-state index contributed by atoms with van der Waals surface area (Å²) in [7, 11) is 0. The van der Waals surface area contributed by atoms with Gasteiger partial charge in [0.1, 0.15) is 5.82 Å². The lowest BCUT2D eigenvalue weighted by molar-refractivity contribution is -0.0248. The maximum Gasteiger partial charge on any atom is 0.317 e. The fraction of sp³-hybridized carbons (Fsp3) is 0.533. The number of aliphatic hydroxyl groups is 2. The molecule has 1 saturated heterocycles. The van der Waals surface area contributed by atoms with Crippen LogP contribution >= 0.6 is 0 Å². The van der Waals surface area contributed by atoms with Gasteiger partial charge in [0.25, 0.3) is 0 Å². The predicted octanol–water partition coefficient (Wildman–Crippen LogP) is 1.24. The zero-order valence-corrected chi connectivity index (χ0v) is 11.9. The van der Waals surface area contributed by atoms with Gasteiger partial charge in [-0.3, -0.25) is 0 Å². The summed E-state index contributed by atoms with van der Waals surface area (Å²) in [6, 6.07) is 6.03. The zero-order chi connectivity index (χ0) is 15.3. The van der Waals surface area contributed by atoms with Crippen molar-refractivity contribution in [3.05, 3.63) is 35.6 Å². The van der Waals surface area contributed by atoms with Gasteiger partial charge in [-0.25, -0.2) is 9.18 Å². The molecule has 1 heterocycles. The van der Waals surface area contributed by atoms with Crippen LogP contribution in [0.1, 0.15) is 24.8 Å². The van der Waals surface area contributed by atoms with Crippen LogP contribution < -0.4 is 5.32 Å². The summed E-state index contributed by atoms with van der Waals surface area (Å²) in [6.07, 6.45) is 1.45. The number of hydrogen-bond donors (Lipinski definition) is 3. The number of carbonyl (C=O) groups excluding carboxylic acids is 1. The molecule has 0 spiro atoms. The number of nitrogens with zero attached hydrogens (tertiary/aromatic N) is 1. The number of hydrogen-bond acceptors (Lipinski definition) is 3. The van der Waals surface area contributed by atoms with Crippen molar-refractivity contribution in [1.82, 2.24) is 10.2 Å². The molecule has 5 nitrogen and oxygen atoms in total. The third kappa shape index (κ3) is 4.15. The molecule has 0 radical (unpaired) electrons. The standard InChI is InChI=1S/C15H21FN2O3/c16-13-5-2-1-4-12(13)10-17-14(20)18-8-3-6-15(21,11-19)7-9-18/h1-2,4-5,19,21H,3,6-11H2,(H,17,20)/t15-/m0/s1. The van der Waals surface area contributed by atoms with Gasteiger partial charge in [-0.05, 0) is 25.3 Å². The molecule has 2 amide bonds. The molecule has 0 aromatic heterocycles. The molecule has 0 aliphatic carbocycles. The highest BCUT2D eigenvalue weighted by Crippen LogP contribution is 2.21. The Morgan fingerprint density at radius 2 is 2.10 bits per heavy atom. The van der Waals surface area contributed by atoms with Crippen LogP contribution in [0.5, 0.6) is 0 Å². The van der Waals surface area contributed by atoms with Crippen molar-refractivity contribution in [2.45, 2.75) is 31.4 Å². The highest BCUT2D eigenvalue weighted by Gasteiger charge is 2.30. The van der Waals surface area contributed by atoms with Gasteiger partial charge in [-0.15, -0.1) is 0 Å². The number of carbonyl (C=O) groups is 1. The molecule has 2 rings (SSSR count). The van der Waals surface area contributed by atoms with Gasteiger partial charge in [0.2, 0.25) is 0 Å². The maximum atomic E-state index is 13.5. The van der Waals surface area contributed by atoms with Crippen LogP contribution in [0, 0.1) is 5.82 Å². The van der Waals surface area contributed by atoms with E-state index in [9.17, 15) is 19.4 Å². The van der Waals surface area contributed by atoms with Crippen molar-refractivity contribution in [2.75, 3.05) is 19.7 Å². The van der Waals surface area contributed by atoms with Crippen LogP contribution in [-0.2, 0) is 6.54 Å². The lowest BCUT2D eigenvalue weighted by atomic mass is 9.96. The minimum atomic E-state index is -1.10. The number of likely N-dealkylation sites (tertiary alicyclic amines) is 1. The topological polar surface area (TPSA) is 72.8 Å². The quantitative estimate of drug-likeness (QED) is 0.786. The summed E-state index contributed by atoms with van der Waals surface area (Å²) in [5.41, 5.74) is -0.659. The summed E-state index contributed by atoms with van der Waals surface area (Å²) in [4.78, 5) is 13.7. The number of benzene rings is 1. The highest BCUT2D eigenvalue weighted by molar-refractivity contribution is 5.74. The fourth-order valence-corrected chi connectivity index (χ4v) is 2.46. The average molecular weight is 296 g/mol. The highest BCUT2D eigenvalue weighted by atomic mass is 19.1. The van der Waals surface area contributed by atoms with Crippen molar-refractivity contribution in [2.24, 2.45) is 0 Å². The van der Waals surface area contributed by atoms with Gasteiger partial charge < -0.3 is 20.4 Å². The van der Waals surface area contributed by atoms with E-state index in [2.05, 4.69) is 5.32 Å². The summed E-state index contributed by atoms with van der Waals surface area (Å²) < 4.78 is 13.5. The lowest BCUT2D eigenvalue weighted by Crippen LogP contribution is -2.41. The van der Waals surface area contributed by atoms with Crippen molar-refractivity contribution in [1.29, 1.82) is 0 Å². The van der Waals surface area contributed by atoms with Gasteiger partial charge >= 0.3 is 6.03 Å². The normalized spacial score (nSPS) is 22.7. The van der Waals surface area contributed by atoms with Crippen LogP contribution in [0.15, 0.2) is 24.3 Å². The number of aliphatic hydroxyl groups excluding tert-OH is 1. The van der Waals surface area contributed by atoms with E-state index in [1.807, 2.05) is 0 Å². The van der Waals surface area contributed by atoms with Crippen molar-refractivity contribution >= 4 is 6.03 Å². The Bertz CT molecular complexity index is 498. The molecule has 6 heteroatoms. The Balaban J connectivity index is 1.88. The van der Waals surface area contributed by atoms with Gasteiger partial charge in [0.05, 0.1) is 12.2 Å². The van der Waals surface area contributed by atoms with Crippen LogP contribution in [-0.4, -0.2) is 46.4 Å². The summed E-state index contributed by atoms with van der Waals surface area (Å²) in [5, 5.41) is 21.9. The van der Waals surface area contributed by atoms with E-state index in [1.165, 1.54) is 6.07 Å².